The quantitative estimate of drug-likeness (QED) is 0.449. The van der Waals surface area contributed by atoms with Gasteiger partial charge in [-0.05, 0) is 99.6 Å². The number of hydrogen-bond donors (Lipinski definition) is 1. The van der Waals surface area contributed by atoms with Gasteiger partial charge in [0.05, 0.1) is 5.56 Å². The molecular formula is C30H37F3N2O2. The molecule has 37 heavy (non-hydrogen) atoms. The van der Waals surface area contributed by atoms with Crippen LogP contribution in [-0.2, 0) is 11.2 Å². The van der Waals surface area contributed by atoms with Gasteiger partial charge in [-0.3, -0.25) is 9.59 Å². The maximum atomic E-state index is 14.6. The van der Waals surface area contributed by atoms with Crippen molar-refractivity contribution in [3.63, 3.8) is 0 Å². The van der Waals surface area contributed by atoms with Crippen molar-refractivity contribution in [1.29, 1.82) is 0 Å². The topological polar surface area (TPSA) is 49.4 Å². The Morgan fingerprint density at radius 1 is 1.05 bits per heavy atom. The van der Waals surface area contributed by atoms with Crippen molar-refractivity contribution in [1.82, 2.24) is 4.90 Å². The van der Waals surface area contributed by atoms with Gasteiger partial charge in [-0.1, -0.05) is 25.8 Å². The molecule has 0 radical (unpaired) electrons. The molecule has 1 N–H and O–H groups in total. The summed E-state index contributed by atoms with van der Waals surface area (Å²) in [7, 11) is 0. The van der Waals surface area contributed by atoms with Gasteiger partial charge in [0, 0.05) is 24.2 Å². The molecule has 2 amide bonds. The summed E-state index contributed by atoms with van der Waals surface area (Å²) in [5.74, 6) is -2.52. The third-order valence-electron chi connectivity index (χ3n) is 8.49. The second-order valence-corrected chi connectivity index (χ2v) is 11.0. The smallest absolute Gasteiger partial charge is 0.258 e. The molecule has 1 aliphatic carbocycles. The Bertz CT molecular complexity index is 1150. The van der Waals surface area contributed by atoms with Gasteiger partial charge in [0.15, 0.2) is 11.6 Å². The number of rotatable bonds is 6. The first-order valence-corrected chi connectivity index (χ1v) is 13.5. The Morgan fingerprint density at radius 3 is 2.51 bits per heavy atom. The Kier molecular flexibility index (Phi) is 8.60. The highest BCUT2D eigenvalue weighted by atomic mass is 19.2. The second-order valence-electron chi connectivity index (χ2n) is 11.0. The van der Waals surface area contributed by atoms with Crippen molar-refractivity contribution in [2.24, 2.45) is 17.8 Å². The number of likely N-dealkylation sites (tertiary alicyclic amines) is 1. The Morgan fingerprint density at radius 2 is 1.78 bits per heavy atom. The number of nitrogens with zero attached hydrogens (tertiary/aromatic N) is 1. The first-order chi connectivity index (χ1) is 17.7. The molecule has 0 bridgehead atoms. The van der Waals surface area contributed by atoms with Crippen molar-refractivity contribution < 1.29 is 22.8 Å². The summed E-state index contributed by atoms with van der Waals surface area (Å²) in [5, 5.41) is 2.56. The standard InChI is InChI=1S/C30H37F3N2O2/c1-18(21-12-11-19(2)35(14-13-21)30(37)22-7-4-5-8-22)15-23-16-24(31)17-27(20(23)3)34-29(36)25-9-6-10-26(32)28(25)33/h6,9-10,16-19,21-22H,4-5,7-8,11-15H2,1-3H3,(H,34,36). The predicted molar refractivity (Wildman–Crippen MR) is 139 cm³/mol. The van der Waals surface area contributed by atoms with E-state index in [0.717, 1.165) is 63.1 Å². The molecule has 3 atom stereocenters. The van der Waals surface area contributed by atoms with Gasteiger partial charge in [-0.2, -0.15) is 0 Å². The van der Waals surface area contributed by atoms with Gasteiger partial charge >= 0.3 is 0 Å². The molecule has 1 saturated carbocycles. The first kappa shape index (κ1) is 27.2. The number of anilines is 1. The molecule has 2 fully saturated rings. The number of hydrogen-bond acceptors (Lipinski definition) is 2. The Hall–Kier alpha value is -2.83. The SMILES string of the molecule is Cc1c(CC(C)C2CCC(C)N(C(=O)C3CCCC3)CC2)cc(F)cc1NC(=O)c1cccc(F)c1F. The number of halogens is 3. The maximum absolute atomic E-state index is 14.6. The first-order valence-electron chi connectivity index (χ1n) is 13.5. The highest BCUT2D eigenvalue weighted by molar-refractivity contribution is 6.04. The van der Waals surface area contributed by atoms with Crippen LogP contribution in [0.3, 0.4) is 0 Å². The molecule has 1 saturated heterocycles. The summed E-state index contributed by atoms with van der Waals surface area (Å²) in [6.45, 7) is 6.87. The van der Waals surface area contributed by atoms with Crippen LogP contribution in [0, 0.1) is 42.1 Å². The fourth-order valence-corrected chi connectivity index (χ4v) is 6.04. The summed E-state index contributed by atoms with van der Waals surface area (Å²) in [6, 6.07) is 6.31. The minimum Gasteiger partial charge on any atom is -0.340 e. The molecule has 0 spiro atoms. The van der Waals surface area contributed by atoms with E-state index in [9.17, 15) is 22.8 Å². The van der Waals surface area contributed by atoms with E-state index in [2.05, 4.69) is 24.1 Å². The molecule has 4 nitrogen and oxygen atoms in total. The number of benzene rings is 2. The largest absolute Gasteiger partial charge is 0.340 e. The summed E-state index contributed by atoms with van der Waals surface area (Å²) >= 11 is 0. The third-order valence-corrected chi connectivity index (χ3v) is 8.49. The van der Waals surface area contributed by atoms with Gasteiger partial charge in [-0.25, -0.2) is 13.2 Å². The lowest BCUT2D eigenvalue weighted by molar-refractivity contribution is -0.137. The van der Waals surface area contributed by atoms with Crippen LogP contribution in [0.5, 0.6) is 0 Å². The van der Waals surface area contributed by atoms with Crippen LogP contribution < -0.4 is 5.32 Å². The van der Waals surface area contributed by atoms with Crippen molar-refractivity contribution in [3.8, 4) is 0 Å². The van der Waals surface area contributed by atoms with Gasteiger partial charge in [0.2, 0.25) is 5.91 Å². The molecule has 2 aliphatic rings. The van der Waals surface area contributed by atoms with Crippen molar-refractivity contribution in [3.05, 3.63) is 64.5 Å². The summed E-state index contributed by atoms with van der Waals surface area (Å²) in [6.07, 6.45) is 7.80. The van der Waals surface area contributed by atoms with Gasteiger partial charge in [0.25, 0.3) is 5.91 Å². The molecule has 0 aromatic heterocycles. The molecule has 200 valence electrons. The highest BCUT2D eigenvalue weighted by Gasteiger charge is 2.33. The van der Waals surface area contributed by atoms with Gasteiger partial charge in [-0.15, -0.1) is 0 Å². The zero-order chi connectivity index (χ0) is 26.7. The fourth-order valence-electron chi connectivity index (χ4n) is 6.04. The molecule has 4 rings (SSSR count). The Balaban J connectivity index is 1.44. The van der Waals surface area contributed by atoms with E-state index >= 15 is 0 Å². The highest BCUT2D eigenvalue weighted by Crippen LogP contribution is 2.34. The number of carbonyl (C=O) groups excluding carboxylic acids is 2. The minimum absolute atomic E-state index is 0.181. The number of nitrogens with one attached hydrogen (secondary N) is 1. The lowest BCUT2D eigenvalue weighted by Gasteiger charge is -2.30. The van der Waals surface area contributed by atoms with Gasteiger partial charge < -0.3 is 10.2 Å². The predicted octanol–water partition coefficient (Wildman–Crippen LogP) is 7.05. The van der Waals surface area contributed by atoms with Crippen LogP contribution in [0.4, 0.5) is 18.9 Å². The molecule has 7 heteroatoms. The van der Waals surface area contributed by atoms with E-state index in [1.807, 2.05) is 0 Å². The normalized spacial score (nSPS) is 21.5. The van der Waals surface area contributed by atoms with Crippen LogP contribution in [0.2, 0.25) is 0 Å². The number of amides is 2. The van der Waals surface area contributed by atoms with Crippen LogP contribution >= 0.6 is 0 Å². The third kappa shape index (κ3) is 6.19. The van der Waals surface area contributed by atoms with Crippen molar-refractivity contribution in [2.75, 3.05) is 11.9 Å². The monoisotopic (exact) mass is 514 g/mol. The second kappa shape index (κ2) is 11.7. The zero-order valence-corrected chi connectivity index (χ0v) is 22.0. The minimum atomic E-state index is -1.23. The molecule has 1 aliphatic heterocycles. The van der Waals surface area contributed by atoms with E-state index in [0.29, 0.717) is 23.8 Å². The molecule has 2 aromatic carbocycles. The van der Waals surface area contributed by atoms with E-state index < -0.39 is 28.9 Å². The van der Waals surface area contributed by atoms with E-state index in [-0.39, 0.29) is 23.6 Å². The van der Waals surface area contributed by atoms with Crippen LogP contribution in [0.1, 0.15) is 80.3 Å². The van der Waals surface area contributed by atoms with Crippen molar-refractivity contribution in [2.45, 2.75) is 78.2 Å². The van der Waals surface area contributed by atoms with E-state index in [1.54, 1.807) is 6.92 Å². The molecule has 2 aromatic rings. The van der Waals surface area contributed by atoms with Gasteiger partial charge in [0.1, 0.15) is 5.82 Å². The van der Waals surface area contributed by atoms with Crippen LogP contribution in [-0.4, -0.2) is 29.3 Å². The van der Waals surface area contributed by atoms with Crippen LogP contribution in [0.25, 0.3) is 0 Å². The van der Waals surface area contributed by atoms with E-state index in [4.69, 9.17) is 0 Å². The fraction of sp³-hybridized carbons (Fsp3) is 0.533. The molecule has 1 heterocycles. The average Bonchev–Trinajstić information content (AvgIpc) is 3.33. The molecule has 3 unspecified atom stereocenters. The van der Waals surface area contributed by atoms with Crippen LogP contribution in [0.15, 0.2) is 30.3 Å². The Labute approximate surface area is 217 Å². The lowest BCUT2D eigenvalue weighted by Crippen LogP contribution is -2.41. The van der Waals surface area contributed by atoms with E-state index in [1.165, 1.54) is 24.3 Å². The van der Waals surface area contributed by atoms with Crippen molar-refractivity contribution >= 4 is 17.5 Å². The molecular weight excluding hydrogens is 477 g/mol. The summed E-state index contributed by atoms with van der Waals surface area (Å²) in [5.41, 5.74) is 1.30. The number of carbonyl (C=O) groups is 2. The summed E-state index contributed by atoms with van der Waals surface area (Å²) < 4.78 is 42.2. The zero-order valence-electron chi connectivity index (χ0n) is 22.0. The lowest BCUT2D eigenvalue weighted by atomic mass is 9.82. The average molecular weight is 515 g/mol. The summed E-state index contributed by atoms with van der Waals surface area (Å²) in [4.78, 5) is 27.8. The maximum Gasteiger partial charge on any atom is 0.258 e.